The molecule has 0 bridgehead atoms. The van der Waals surface area contributed by atoms with E-state index in [4.69, 9.17) is 5.73 Å². The number of amides is 1. The van der Waals surface area contributed by atoms with Crippen molar-refractivity contribution in [3.05, 3.63) is 35.9 Å². The maximum Gasteiger partial charge on any atom is 0.222 e. The van der Waals surface area contributed by atoms with E-state index in [0.29, 0.717) is 6.54 Å². The number of benzene rings is 1. The van der Waals surface area contributed by atoms with Crippen LogP contribution < -0.4 is 10.6 Å². The molecule has 0 aliphatic carbocycles. The van der Waals surface area contributed by atoms with Crippen molar-refractivity contribution in [2.75, 3.05) is 18.0 Å². The first-order valence-electron chi connectivity index (χ1n) is 7.23. The first-order valence-corrected chi connectivity index (χ1v) is 7.23. The van der Waals surface area contributed by atoms with Crippen molar-refractivity contribution < 1.29 is 9.90 Å². The molecule has 1 unspecified atom stereocenters. The highest BCUT2D eigenvalue weighted by atomic mass is 16.3. The quantitative estimate of drug-likeness (QED) is 0.894. The van der Waals surface area contributed by atoms with E-state index in [1.165, 1.54) is 0 Å². The van der Waals surface area contributed by atoms with Crippen molar-refractivity contribution in [1.29, 1.82) is 0 Å². The Balaban J connectivity index is 2.00. The Morgan fingerprint density at radius 2 is 2.24 bits per heavy atom. The smallest absolute Gasteiger partial charge is 0.222 e. The van der Waals surface area contributed by atoms with Crippen molar-refractivity contribution >= 4 is 22.6 Å². The Morgan fingerprint density at radius 1 is 1.43 bits per heavy atom. The first-order chi connectivity index (χ1) is 10.2. The maximum absolute atomic E-state index is 11.4. The summed E-state index contributed by atoms with van der Waals surface area (Å²) in [7, 11) is 0. The summed E-state index contributed by atoms with van der Waals surface area (Å²) in [5.74, 6) is 0.367. The van der Waals surface area contributed by atoms with Crippen LogP contribution in [0.4, 0.5) is 5.82 Å². The van der Waals surface area contributed by atoms with E-state index in [9.17, 15) is 9.90 Å². The molecule has 21 heavy (non-hydrogen) atoms. The average Bonchev–Trinajstić information content (AvgIpc) is 2.53. The number of piperidine rings is 1. The van der Waals surface area contributed by atoms with Gasteiger partial charge in [0.05, 0.1) is 18.0 Å². The molecule has 2 aromatic rings. The lowest BCUT2D eigenvalue weighted by Gasteiger charge is -2.33. The summed E-state index contributed by atoms with van der Waals surface area (Å²) >= 11 is 0. The number of pyridine rings is 1. The summed E-state index contributed by atoms with van der Waals surface area (Å²) in [5.41, 5.74) is 7.12. The number of primary amides is 1. The Bertz CT molecular complexity index is 672. The number of aromatic nitrogens is 1. The van der Waals surface area contributed by atoms with Crippen molar-refractivity contribution in [2.24, 2.45) is 11.7 Å². The molecule has 1 aliphatic heterocycles. The van der Waals surface area contributed by atoms with E-state index in [-0.39, 0.29) is 18.4 Å². The van der Waals surface area contributed by atoms with E-state index in [0.717, 1.165) is 41.7 Å². The Labute approximate surface area is 123 Å². The topological polar surface area (TPSA) is 79.5 Å². The molecule has 1 aromatic heterocycles. The second-order valence-electron chi connectivity index (χ2n) is 5.51. The highest BCUT2D eigenvalue weighted by Crippen LogP contribution is 2.27. The molecule has 1 atom stereocenters. The SMILES string of the molecule is NC(=O)C1CCCN(c2nc3ccccc3cc2CO)C1. The van der Waals surface area contributed by atoms with Gasteiger partial charge >= 0.3 is 0 Å². The molecule has 3 rings (SSSR count). The predicted octanol–water partition coefficient (Wildman–Crippen LogP) is 1.43. The van der Waals surface area contributed by atoms with E-state index >= 15 is 0 Å². The number of aliphatic hydroxyl groups is 1. The molecule has 110 valence electrons. The van der Waals surface area contributed by atoms with Crippen molar-refractivity contribution in [3.63, 3.8) is 0 Å². The van der Waals surface area contributed by atoms with Crippen LogP contribution in [0.25, 0.3) is 10.9 Å². The number of aliphatic hydroxyl groups excluding tert-OH is 1. The van der Waals surface area contributed by atoms with Crippen molar-refractivity contribution in [3.8, 4) is 0 Å². The number of fused-ring (bicyclic) bond motifs is 1. The summed E-state index contributed by atoms with van der Waals surface area (Å²) in [6.07, 6.45) is 1.74. The number of rotatable bonds is 3. The van der Waals surface area contributed by atoms with Gasteiger partial charge in [-0.3, -0.25) is 4.79 Å². The molecule has 1 aromatic carbocycles. The molecule has 5 nitrogen and oxygen atoms in total. The molecule has 1 fully saturated rings. The number of nitrogens with zero attached hydrogens (tertiary/aromatic N) is 2. The molecule has 1 saturated heterocycles. The van der Waals surface area contributed by atoms with Crippen molar-refractivity contribution in [2.45, 2.75) is 19.4 Å². The molecule has 5 heteroatoms. The minimum Gasteiger partial charge on any atom is -0.392 e. The van der Waals surface area contributed by atoms with Crippen LogP contribution in [0.3, 0.4) is 0 Å². The lowest BCUT2D eigenvalue weighted by atomic mass is 9.97. The molecular formula is C16H19N3O2. The van der Waals surface area contributed by atoms with Gasteiger partial charge in [0.25, 0.3) is 0 Å². The Morgan fingerprint density at radius 3 is 3.00 bits per heavy atom. The van der Waals surface area contributed by atoms with Crippen LogP contribution in [0.2, 0.25) is 0 Å². The van der Waals surface area contributed by atoms with Gasteiger partial charge in [-0.2, -0.15) is 0 Å². The molecule has 3 N–H and O–H groups in total. The minimum absolute atomic E-state index is 0.0646. The summed E-state index contributed by atoms with van der Waals surface area (Å²) in [6.45, 7) is 1.35. The third-order valence-corrected chi connectivity index (χ3v) is 4.07. The van der Waals surface area contributed by atoms with Crippen LogP contribution in [0.15, 0.2) is 30.3 Å². The number of hydrogen-bond acceptors (Lipinski definition) is 4. The maximum atomic E-state index is 11.4. The molecular weight excluding hydrogens is 266 g/mol. The lowest BCUT2D eigenvalue weighted by molar-refractivity contribution is -0.122. The summed E-state index contributed by atoms with van der Waals surface area (Å²) < 4.78 is 0. The number of nitrogens with two attached hydrogens (primary N) is 1. The average molecular weight is 285 g/mol. The highest BCUT2D eigenvalue weighted by molar-refractivity contribution is 5.82. The molecule has 1 amide bonds. The zero-order valence-corrected chi connectivity index (χ0v) is 11.8. The Kier molecular flexibility index (Phi) is 3.75. The van der Waals surface area contributed by atoms with E-state index in [2.05, 4.69) is 9.88 Å². The third kappa shape index (κ3) is 2.69. The number of para-hydroxylation sites is 1. The molecule has 2 heterocycles. The predicted molar refractivity (Wildman–Crippen MR) is 81.8 cm³/mol. The number of carbonyl (C=O) groups excluding carboxylic acids is 1. The lowest BCUT2D eigenvalue weighted by Crippen LogP contribution is -2.41. The number of anilines is 1. The van der Waals surface area contributed by atoms with Crippen molar-refractivity contribution in [1.82, 2.24) is 4.98 Å². The van der Waals surface area contributed by atoms with E-state index in [1.54, 1.807) is 0 Å². The molecule has 1 aliphatic rings. The summed E-state index contributed by atoms with van der Waals surface area (Å²) in [6, 6.07) is 9.80. The largest absolute Gasteiger partial charge is 0.392 e. The van der Waals surface area contributed by atoms with Gasteiger partial charge in [0.1, 0.15) is 5.82 Å². The molecule has 0 saturated carbocycles. The minimum atomic E-state index is -0.258. The van der Waals surface area contributed by atoms with E-state index < -0.39 is 0 Å². The monoisotopic (exact) mass is 285 g/mol. The van der Waals surface area contributed by atoms with Crippen LogP contribution >= 0.6 is 0 Å². The number of carbonyl (C=O) groups is 1. The van der Waals surface area contributed by atoms with Crippen LogP contribution in [0.1, 0.15) is 18.4 Å². The Hall–Kier alpha value is -2.14. The van der Waals surface area contributed by atoms with Gasteiger partial charge in [0, 0.05) is 24.0 Å². The second-order valence-corrected chi connectivity index (χ2v) is 5.51. The fourth-order valence-corrected chi connectivity index (χ4v) is 2.94. The van der Waals surface area contributed by atoms with Gasteiger partial charge in [0.2, 0.25) is 5.91 Å². The first kappa shape index (κ1) is 13.8. The van der Waals surface area contributed by atoms with Crippen LogP contribution in [-0.4, -0.2) is 29.1 Å². The van der Waals surface area contributed by atoms with Gasteiger partial charge < -0.3 is 15.7 Å². The highest BCUT2D eigenvalue weighted by Gasteiger charge is 2.26. The van der Waals surface area contributed by atoms with Gasteiger partial charge in [-0.15, -0.1) is 0 Å². The van der Waals surface area contributed by atoms with Crippen LogP contribution in [0, 0.1) is 5.92 Å². The standard InChI is InChI=1S/C16H19N3O2/c17-15(21)12-5-3-7-19(9-12)16-13(10-20)8-11-4-1-2-6-14(11)18-16/h1-2,4,6,8,12,20H,3,5,7,9-10H2,(H2,17,21). The van der Waals surface area contributed by atoms with Gasteiger partial charge in [0.15, 0.2) is 0 Å². The molecule has 0 spiro atoms. The fraction of sp³-hybridized carbons (Fsp3) is 0.375. The summed E-state index contributed by atoms with van der Waals surface area (Å²) in [4.78, 5) is 18.2. The summed E-state index contributed by atoms with van der Waals surface area (Å²) in [5, 5.41) is 10.6. The third-order valence-electron chi connectivity index (χ3n) is 4.07. The van der Waals surface area contributed by atoms with Gasteiger partial charge in [-0.05, 0) is 25.0 Å². The number of hydrogen-bond donors (Lipinski definition) is 2. The fourth-order valence-electron chi connectivity index (χ4n) is 2.94. The normalized spacial score (nSPS) is 18.9. The molecule has 0 radical (unpaired) electrons. The van der Waals surface area contributed by atoms with Gasteiger partial charge in [-0.1, -0.05) is 18.2 Å². The van der Waals surface area contributed by atoms with Crippen LogP contribution in [0.5, 0.6) is 0 Å². The van der Waals surface area contributed by atoms with Crippen LogP contribution in [-0.2, 0) is 11.4 Å². The van der Waals surface area contributed by atoms with Gasteiger partial charge in [-0.25, -0.2) is 4.98 Å². The zero-order chi connectivity index (χ0) is 14.8. The van der Waals surface area contributed by atoms with E-state index in [1.807, 2.05) is 30.3 Å². The zero-order valence-electron chi connectivity index (χ0n) is 11.8. The second kappa shape index (κ2) is 5.69.